The van der Waals surface area contributed by atoms with Crippen LogP contribution in [-0.4, -0.2) is 28.6 Å². The van der Waals surface area contributed by atoms with E-state index in [1.807, 2.05) is 36.6 Å². The molecule has 2 N–H and O–H groups in total. The van der Waals surface area contributed by atoms with Gasteiger partial charge in [0.25, 0.3) is 0 Å². The van der Waals surface area contributed by atoms with Crippen molar-refractivity contribution in [3.8, 4) is 11.3 Å². The number of amides is 1. The highest BCUT2D eigenvalue weighted by atomic mass is 32.1. The van der Waals surface area contributed by atoms with Gasteiger partial charge in [0.2, 0.25) is 5.91 Å². The largest absolute Gasteiger partial charge is 0.392 e. The Morgan fingerprint density at radius 1 is 1.40 bits per heavy atom. The Labute approximate surface area is 122 Å². The van der Waals surface area contributed by atoms with Gasteiger partial charge in [0, 0.05) is 17.5 Å². The first-order chi connectivity index (χ1) is 9.54. The number of carbonyl (C=O) groups excluding carboxylic acids is 1. The maximum atomic E-state index is 11.6. The number of hydrogen-bond donors (Lipinski definition) is 2. The maximum Gasteiger partial charge on any atom is 0.224 e. The Bertz CT molecular complexity index is 576. The third kappa shape index (κ3) is 4.15. The van der Waals surface area contributed by atoms with Crippen molar-refractivity contribution in [2.45, 2.75) is 26.4 Å². The van der Waals surface area contributed by atoms with Gasteiger partial charge in [0.15, 0.2) is 0 Å². The van der Waals surface area contributed by atoms with Crippen molar-refractivity contribution in [2.24, 2.45) is 0 Å². The molecule has 20 heavy (non-hydrogen) atoms. The van der Waals surface area contributed by atoms with Crippen LogP contribution in [0.25, 0.3) is 11.3 Å². The van der Waals surface area contributed by atoms with Gasteiger partial charge in [-0.1, -0.05) is 24.3 Å². The predicted octanol–water partition coefficient (Wildman–Crippen LogP) is 2.16. The molecular weight excluding hydrogens is 272 g/mol. The Kier molecular flexibility index (Phi) is 4.87. The molecule has 1 amide bonds. The molecule has 0 aliphatic rings. The lowest BCUT2D eigenvalue weighted by Gasteiger charge is -2.07. The number of benzene rings is 1. The van der Waals surface area contributed by atoms with Crippen LogP contribution in [0.5, 0.6) is 0 Å². The summed E-state index contributed by atoms with van der Waals surface area (Å²) in [5.74, 6) is -0.0804. The van der Waals surface area contributed by atoms with Gasteiger partial charge in [-0.2, -0.15) is 0 Å². The maximum absolute atomic E-state index is 11.6. The summed E-state index contributed by atoms with van der Waals surface area (Å²) in [4.78, 5) is 16.1. The average molecular weight is 290 g/mol. The van der Waals surface area contributed by atoms with Crippen molar-refractivity contribution < 1.29 is 9.90 Å². The van der Waals surface area contributed by atoms with Gasteiger partial charge >= 0.3 is 0 Å². The molecule has 0 radical (unpaired) electrons. The van der Waals surface area contributed by atoms with Crippen LogP contribution in [0, 0.1) is 6.92 Å². The van der Waals surface area contributed by atoms with E-state index in [9.17, 15) is 4.79 Å². The zero-order chi connectivity index (χ0) is 14.5. The van der Waals surface area contributed by atoms with E-state index < -0.39 is 6.10 Å². The van der Waals surface area contributed by atoms with Gasteiger partial charge in [-0.3, -0.25) is 4.79 Å². The number of aliphatic hydroxyl groups is 1. The fraction of sp³-hybridized carbons (Fsp3) is 0.333. The lowest BCUT2D eigenvalue weighted by Crippen LogP contribution is -2.31. The number of hydrogen-bond acceptors (Lipinski definition) is 4. The highest BCUT2D eigenvalue weighted by Gasteiger charge is 2.06. The number of aromatic nitrogens is 1. The average Bonchev–Trinajstić information content (AvgIpc) is 2.84. The van der Waals surface area contributed by atoms with Gasteiger partial charge in [-0.05, 0) is 19.4 Å². The van der Waals surface area contributed by atoms with Gasteiger partial charge < -0.3 is 10.4 Å². The van der Waals surface area contributed by atoms with Crippen LogP contribution in [0.1, 0.15) is 17.5 Å². The Balaban J connectivity index is 1.96. The molecule has 1 unspecified atom stereocenters. The van der Waals surface area contributed by atoms with Gasteiger partial charge in [0.05, 0.1) is 23.2 Å². The zero-order valence-electron chi connectivity index (χ0n) is 11.6. The molecule has 0 aliphatic heterocycles. The number of nitrogens with one attached hydrogen (secondary N) is 1. The van der Waals surface area contributed by atoms with E-state index in [4.69, 9.17) is 5.11 Å². The molecule has 0 fully saturated rings. The van der Waals surface area contributed by atoms with Crippen LogP contribution in [0.2, 0.25) is 0 Å². The van der Waals surface area contributed by atoms with Crippen LogP contribution in [-0.2, 0) is 11.2 Å². The van der Waals surface area contributed by atoms with Crippen molar-refractivity contribution >= 4 is 17.2 Å². The summed E-state index contributed by atoms with van der Waals surface area (Å²) < 4.78 is 0. The second-order valence-corrected chi connectivity index (χ2v) is 5.84. The molecule has 0 aliphatic carbocycles. The molecular formula is C15H18N2O2S. The first-order valence-corrected chi connectivity index (χ1v) is 7.39. The van der Waals surface area contributed by atoms with Crippen LogP contribution in [0.3, 0.4) is 0 Å². The highest BCUT2D eigenvalue weighted by Crippen LogP contribution is 2.21. The van der Waals surface area contributed by atoms with E-state index in [0.717, 1.165) is 21.8 Å². The zero-order valence-corrected chi connectivity index (χ0v) is 12.4. The van der Waals surface area contributed by atoms with Gasteiger partial charge in [0.1, 0.15) is 0 Å². The summed E-state index contributed by atoms with van der Waals surface area (Å²) in [6.45, 7) is 3.91. The minimum Gasteiger partial charge on any atom is -0.392 e. The fourth-order valence-electron chi connectivity index (χ4n) is 1.80. The van der Waals surface area contributed by atoms with Crippen molar-refractivity contribution in [2.75, 3.05) is 6.54 Å². The van der Waals surface area contributed by atoms with Gasteiger partial charge in [-0.15, -0.1) is 11.3 Å². The molecule has 0 saturated carbocycles. The molecule has 1 aromatic heterocycles. The van der Waals surface area contributed by atoms with E-state index in [2.05, 4.69) is 10.3 Å². The standard InChI is InChI=1S/C15H18N2O2S/c1-10(18)8-16-15(19)7-12-3-5-13(6-4-12)14-9-20-11(2)17-14/h3-6,9-10,18H,7-8H2,1-2H3,(H,16,19). The molecule has 1 heterocycles. The number of aryl methyl sites for hydroxylation is 1. The predicted molar refractivity (Wildman–Crippen MR) is 80.7 cm³/mol. The van der Waals surface area contributed by atoms with E-state index in [0.29, 0.717) is 6.42 Å². The Morgan fingerprint density at radius 3 is 2.65 bits per heavy atom. The van der Waals surface area contributed by atoms with Crippen LogP contribution in [0.4, 0.5) is 0 Å². The molecule has 106 valence electrons. The number of aliphatic hydroxyl groups excluding tert-OH is 1. The lowest BCUT2D eigenvalue weighted by molar-refractivity contribution is -0.120. The quantitative estimate of drug-likeness (QED) is 0.887. The molecule has 0 bridgehead atoms. The summed E-state index contributed by atoms with van der Waals surface area (Å²) >= 11 is 1.62. The number of thiazole rings is 1. The SMILES string of the molecule is Cc1nc(-c2ccc(CC(=O)NCC(C)O)cc2)cs1. The first kappa shape index (κ1) is 14.7. The molecule has 4 nitrogen and oxygen atoms in total. The van der Waals surface area contributed by atoms with Crippen molar-refractivity contribution in [1.29, 1.82) is 0 Å². The Morgan fingerprint density at radius 2 is 2.10 bits per heavy atom. The molecule has 0 spiro atoms. The third-order valence-corrected chi connectivity index (χ3v) is 3.60. The topological polar surface area (TPSA) is 62.2 Å². The second-order valence-electron chi connectivity index (χ2n) is 4.78. The third-order valence-electron chi connectivity index (χ3n) is 2.83. The van der Waals surface area contributed by atoms with Crippen molar-refractivity contribution in [3.05, 3.63) is 40.2 Å². The smallest absolute Gasteiger partial charge is 0.224 e. The first-order valence-electron chi connectivity index (χ1n) is 6.51. The Hall–Kier alpha value is -1.72. The molecule has 1 atom stereocenters. The number of carbonyl (C=O) groups is 1. The fourth-order valence-corrected chi connectivity index (χ4v) is 2.42. The summed E-state index contributed by atoms with van der Waals surface area (Å²) in [5.41, 5.74) is 2.98. The van der Waals surface area contributed by atoms with Crippen molar-refractivity contribution in [3.63, 3.8) is 0 Å². The normalized spacial score (nSPS) is 12.2. The monoisotopic (exact) mass is 290 g/mol. The second kappa shape index (κ2) is 6.63. The molecule has 2 aromatic rings. The molecule has 2 rings (SSSR count). The summed E-state index contributed by atoms with van der Waals surface area (Å²) in [5, 5.41) is 14.9. The van der Waals surface area contributed by atoms with Crippen LogP contribution >= 0.6 is 11.3 Å². The van der Waals surface area contributed by atoms with Crippen LogP contribution < -0.4 is 5.32 Å². The minimum atomic E-state index is -0.519. The number of nitrogens with zero attached hydrogens (tertiary/aromatic N) is 1. The van der Waals surface area contributed by atoms with E-state index in [1.54, 1.807) is 18.3 Å². The van der Waals surface area contributed by atoms with E-state index >= 15 is 0 Å². The summed E-state index contributed by atoms with van der Waals surface area (Å²) in [6, 6.07) is 7.83. The van der Waals surface area contributed by atoms with Gasteiger partial charge in [-0.25, -0.2) is 4.98 Å². The van der Waals surface area contributed by atoms with E-state index in [1.165, 1.54) is 0 Å². The molecule has 0 saturated heterocycles. The summed E-state index contributed by atoms with van der Waals surface area (Å²) in [7, 11) is 0. The van der Waals surface area contributed by atoms with E-state index in [-0.39, 0.29) is 12.5 Å². The lowest BCUT2D eigenvalue weighted by atomic mass is 10.1. The molecule has 1 aromatic carbocycles. The minimum absolute atomic E-state index is 0.0804. The van der Waals surface area contributed by atoms with Crippen molar-refractivity contribution in [1.82, 2.24) is 10.3 Å². The summed E-state index contributed by atoms with van der Waals surface area (Å²) in [6.07, 6.45) is -0.197. The number of rotatable bonds is 5. The highest BCUT2D eigenvalue weighted by molar-refractivity contribution is 7.09. The molecule has 5 heteroatoms. The van der Waals surface area contributed by atoms with Crippen LogP contribution in [0.15, 0.2) is 29.6 Å².